The van der Waals surface area contributed by atoms with Crippen LogP contribution in [0, 0.1) is 11.7 Å². The second kappa shape index (κ2) is 7.52. The Labute approximate surface area is 153 Å². The Hall–Kier alpha value is -1.67. The fourth-order valence-electron chi connectivity index (χ4n) is 3.07. The number of aromatic nitrogens is 2. The maximum absolute atomic E-state index is 14.3. The molecule has 8 heteroatoms. The molecule has 2 N–H and O–H groups in total. The van der Waals surface area contributed by atoms with Gasteiger partial charge in [-0.2, -0.15) is 0 Å². The third-order valence-electron chi connectivity index (χ3n) is 4.75. The van der Waals surface area contributed by atoms with E-state index < -0.39 is 17.5 Å². The van der Waals surface area contributed by atoms with Crippen LogP contribution >= 0.6 is 11.8 Å². The number of piperidine rings is 1. The van der Waals surface area contributed by atoms with Crippen LogP contribution in [0.1, 0.15) is 25.1 Å². The fraction of sp³-hybridized carbons (Fsp3) is 0.556. The summed E-state index contributed by atoms with van der Waals surface area (Å²) in [4.78, 5) is 19.2. The zero-order valence-electron chi connectivity index (χ0n) is 14.3. The number of hydrogen-bond acceptors (Lipinski definition) is 5. The average molecular weight is 381 g/mol. The van der Waals surface area contributed by atoms with Crippen LogP contribution in [0.2, 0.25) is 0 Å². The molecule has 0 amide bonds. The third-order valence-corrected chi connectivity index (χ3v) is 6.15. The molecule has 140 valence electrons. The number of hydrogen-bond donors (Lipinski definition) is 2. The van der Waals surface area contributed by atoms with Gasteiger partial charge in [0.15, 0.2) is 0 Å². The molecule has 4 rings (SSSR count). The summed E-state index contributed by atoms with van der Waals surface area (Å²) in [5, 5.41) is 2.83. The Morgan fingerprint density at radius 1 is 1.31 bits per heavy atom. The molecule has 0 bridgehead atoms. The van der Waals surface area contributed by atoms with Gasteiger partial charge in [-0.15, -0.1) is 11.8 Å². The lowest BCUT2D eigenvalue weighted by Gasteiger charge is -2.25. The van der Waals surface area contributed by atoms with Crippen LogP contribution in [-0.4, -0.2) is 41.1 Å². The molecule has 2 aromatic rings. The van der Waals surface area contributed by atoms with Crippen LogP contribution < -0.4 is 15.6 Å². The van der Waals surface area contributed by atoms with Crippen molar-refractivity contribution in [3.05, 3.63) is 34.1 Å². The highest BCUT2D eigenvalue weighted by molar-refractivity contribution is 7.99. The van der Waals surface area contributed by atoms with E-state index in [2.05, 4.69) is 15.3 Å². The molecular weight excluding hydrogens is 360 g/mol. The maximum Gasteiger partial charge on any atom is 0.261 e. The van der Waals surface area contributed by atoms with Crippen LogP contribution in [-0.2, 0) is 5.75 Å². The highest BCUT2D eigenvalue weighted by atomic mass is 32.2. The van der Waals surface area contributed by atoms with Crippen molar-refractivity contribution in [1.29, 1.82) is 0 Å². The molecule has 1 aromatic heterocycles. The average Bonchev–Trinajstić information content (AvgIpc) is 3.43. The number of ether oxygens (including phenoxy) is 1. The molecule has 2 heterocycles. The summed E-state index contributed by atoms with van der Waals surface area (Å²) < 4.78 is 33.8. The minimum atomic E-state index is -0.916. The largest absolute Gasteiger partial charge is 0.493 e. The Balaban J connectivity index is 1.54. The number of thioether (sulfide) groups is 1. The van der Waals surface area contributed by atoms with Crippen LogP contribution in [0.25, 0.3) is 10.9 Å². The molecule has 1 saturated heterocycles. The number of H-pyrrole nitrogens is 1. The molecule has 1 aliphatic heterocycles. The van der Waals surface area contributed by atoms with E-state index >= 15 is 0 Å². The molecule has 1 saturated carbocycles. The topological polar surface area (TPSA) is 67.0 Å². The number of nitrogens with zero attached hydrogens (tertiary/aromatic N) is 1. The van der Waals surface area contributed by atoms with Crippen molar-refractivity contribution in [2.45, 2.75) is 36.4 Å². The SMILES string of the molecule is O=c1[nH]c(CS[C@H]2CCNC[C@H]2F)nc2cc(OCC3CC3)cc(F)c12. The van der Waals surface area contributed by atoms with Crippen molar-refractivity contribution >= 4 is 22.7 Å². The molecule has 0 unspecified atom stereocenters. The molecule has 2 aliphatic rings. The number of rotatable bonds is 6. The number of fused-ring (bicyclic) bond motifs is 1. The summed E-state index contributed by atoms with van der Waals surface area (Å²) in [5.74, 6) is 1.11. The molecule has 0 spiro atoms. The minimum absolute atomic E-state index is 0.0669. The Kier molecular flexibility index (Phi) is 5.13. The Bertz CT molecular complexity index is 856. The van der Waals surface area contributed by atoms with Gasteiger partial charge in [-0.1, -0.05) is 0 Å². The predicted molar refractivity (Wildman–Crippen MR) is 98.0 cm³/mol. The fourth-order valence-corrected chi connectivity index (χ4v) is 4.17. The van der Waals surface area contributed by atoms with Crippen molar-refractivity contribution in [2.75, 3.05) is 19.7 Å². The second-order valence-corrected chi connectivity index (χ2v) is 8.15. The molecule has 2 atom stereocenters. The lowest BCUT2D eigenvalue weighted by molar-refractivity contribution is 0.275. The zero-order chi connectivity index (χ0) is 18.1. The van der Waals surface area contributed by atoms with Gasteiger partial charge >= 0.3 is 0 Å². The van der Waals surface area contributed by atoms with Crippen LogP contribution in [0.4, 0.5) is 8.78 Å². The highest BCUT2D eigenvalue weighted by Gasteiger charge is 2.25. The minimum Gasteiger partial charge on any atom is -0.493 e. The lowest BCUT2D eigenvalue weighted by Crippen LogP contribution is -2.39. The summed E-state index contributed by atoms with van der Waals surface area (Å²) in [6, 6.07) is 2.84. The van der Waals surface area contributed by atoms with E-state index in [1.165, 1.54) is 17.8 Å². The van der Waals surface area contributed by atoms with Gasteiger partial charge in [-0.3, -0.25) is 4.79 Å². The van der Waals surface area contributed by atoms with E-state index in [-0.39, 0.29) is 16.2 Å². The first-order valence-corrected chi connectivity index (χ1v) is 9.96. The van der Waals surface area contributed by atoms with E-state index in [0.717, 1.165) is 25.8 Å². The van der Waals surface area contributed by atoms with Gasteiger partial charge in [-0.25, -0.2) is 13.8 Å². The highest BCUT2D eigenvalue weighted by Crippen LogP contribution is 2.30. The van der Waals surface area contributed by atoms with E-state index in [0.29, 0.717) is 36.4 Å². The lowest BCUT2D eigenvalue weighted by atomic mass is 10.1. The summed E-state index contributed by atoms with van der Waals surface area (Å²) >= 11 is 1.43. The van der Waals surface area contributed by atoms with Crippen LogP contribution in [0.5, 0.6) is 5.75 Å². The Morgan fingerprint density at radius 3 is 2.92 bits per heavy atom. The molecule has 0 radical (unpaired) electrons. The zero-order valence-corrected chi connectivity index (χ0v) is 15.1. The summed E-state index contributed by atoms with van der Waals surface area (Å²) in [7, 11) is 0. The van der Waals surface area contributed by atoms with Gasteiger partial charge in [0.05, 0.1) is 17.9 Å². The smallest absolute Gasteiger partial charge is 0.261 e. The molecule has 5 nitrogen and oxygen atoms in total. The molecule has 1 aromatic carbocycles. The van der Waals surface area contributed by atoms with Crippen molar-refractivity contribution < 1.29 is 13.5 Å². The summed E-state index contributed by atoms with van der Waals surface area (Å²) in [5.41, 5.74) is -0.240. The quantitative estimate of drug-likeness (QED) is 0.806. The van der Waals surface area contributed by atoms with E-state index in [1.54, 1.807) is 6.07 Å². The van der Waals surface area contributed by atoms with Gasteiger partial charge in [0, 0.05) is 23.9 Å². The number of benzene rings is 1. The van der Waals surface area contributed by atoms with Gasteiger partial charge in [0.2, 0.25) is 0 Å². The number of alkyl halides is 1. The van der Waals surface area contributed by atoms with Crippen LogP contribution in [0.3, 0.4) is 0 Å². The van der Waals surface area contributed by atoms with Gasteiger partial charge < -0.3 is 15.0 Å². The van der Waals surface area contributed by atoms with E-state index in [1.807, 2.05) is 0 Å². The van der Waals surface area contributed by atoms with Crippen molar-refractivity contribution in [1.82, 2.24) is 15.3 Å². The monoisotopic (exact) mass is 381 g/mol. The second-order valence-electron chi connectivity index (χ2n) is 6.92. The molecule has 26 heavy (non-hydrogen) atoms. The first kappa shape index (κ1) is 17.7. The molecular formula is C18H21F2N3O2S. The van der Waals surface area contributed by atoms with Gasteiger partial charge in [-0.05, 0) is 31.7 Å². The normalized spacial score (nSPS) is 23.3. The van der Waals surface area contributed by atoms with Gasteiger partial charge in [0.1, 0.15) is 28.9 Å². The van der Waals surface area contributed by atoms with Crippen LogP contribution in [0.15, 0.2) is 16.9 Å². The molecule has 1 aliphatic carbocycles. The first-order valence-electron chi connectivity index (χ1n) is 8.92. The predicted octanol–water partition coefficient (Wildman–Crippen LogP) is 2.78. The third kappa shape index (κ3) is 4.01. The molecule has 2 fully saturated rings. The Morgan fingerprint density at radius 2 is 2.15 bits per heavy atom. The standard InChI is InChI=1S/C18H21F2N3O2S/c19-12-5-11(25-8-10-1-2-10)6-14-17(12)18(24)23-16(22-14)9-26-15-3-4-21-7-13(15)20/h5-6,10,13,15,21H,1-4,7-9H2,(H,22,23,24)/t13-,15+/m1/s1. The van der Waals surface area contributed by atoms with E-state index in [9.17, 15) is 13.6 Å². The van der Waals surface area contributed by atoms with Gasteiger partial charge in [0.25, 0.3) is 5.56 Å². The first-order chi connectivity index (χ1) is 12.6. The maximum atomic E-state index is 14.3. The van der Waals surface area contributed by atoms with Crippen molar-refractivity contribution in [3.63, 3.8) is 0 Å². The number of halogens is 2. The number of aromatic amines is 1. The van der Waals surface area contributed by atoms with Crippen molar-refractivity contribution in [2.24, 2.45) is 5.92 Å². The summed E-state index contributed by atoms with van der Waals surface area (Å²) in [6.07, 6.45) is 2.10. The van der Waals surface area contributed by atoms with Crippen molar-refractivity contribution in [3.8, 4) is 5.75 Å². The number of nitrogens with one attached hydrogen (secondary N) is 2. The van der Waals surface area contributed by atoms with E-state index in [4.69, 9.17) is 4.74 Å². The summed E-state index contributed by atoms with van der Waals surface area (Å²) in [6.45, 7) is 1.70.